The zero-order chi connectivity index (χ0) is 15.6. The molecule has 21 heavy (non-hydrogen) atoms. The largest absolute Gasteiger partial charge is 0.347 e. The van der Waals surface area contributed by atoms with Crippen molar-refractivity contribution in [2.45, 2.75) is 10.8 Å². The summed E-state index contributed by atoms with van der Waals surface area (Å²) in [7, 11) is 1.53. The third-order valence-corrected chi connectivity index (χ3v) is 6.80. The van der Waals surface area contributed by atoms with E-state index in [9.17, 15) is 13.2 Å². The van der Waals surface area contributed by atoms with Crippen molar-refractivity contribution in [3.05, 3.63) is 49.7 Å². The molecule has 1 aromatic carbocycles. The number of rotatable bonds is 4. The molecular weight excluding hydrogens is 466 g/mol. The fourth-order valence-electron chi connectivity index (χ4n) is 1.52. The van der Waals surface area contributed by atoms with E-state index in [0.717, 1.165) is 15.8 Å². The smallest absolute Gasteiger partial charge is 0.270 e. The summed E-state index contributed by atoms with van der Waals surface area (Å²) >= 11 is 7.66. The van der Waals surface area contributed by atoms with Gasteiger partial charge < -0.3 is 5.32 Å². The summed E-state index contributed by atoms with van der Waals surface area (Å²) < 4.78 is 23.9. The predicted octanol–water partition coefficient (Wildman–Crippen LogP) is 4.13. The van der Waals surface area contributed by atoms with E-state index < -0.39 is 9.05 Å². The first-order valence-corrected chi connectivity index (χ1v) is 10.2. The lowest BCUT2D eigenvalue weighted by Gasteiger charge is -2.06. The van der Waals surface area contributed by atoms with Crippen LogP contribution in [0, 0.1) is 0 Å². The van der Waals surface area contributed by atoms with Gasteiger partial charge in [0.15, 0.2) is 0 Å². The zero-order valence-electron chi connectivity index (χ0n) is 10.3. The summed E-state index contributed by atoms with van der Waals surface area (Å²) in [5.41, 5.74) is 0.500. The SMILES string of the molecule is O=C(NCc1ccc(S(=O)(=O)Cl)s1)c1ccc(Br)cc1Br. The molecule has 9 heteroatoms. The fourth-order valence-corrected chi connectivity index (χ4v) is 4.81. The highest BCUT2D eigenvalue weighted by Crippen LogP contribution is 2.25. The highest BCUT2D eigenvalue weighted by atomic mass is 79.9. The number of hydrogen-bond donors (Lipinski definition) is 1. The van der Waals surface area contributed by atoms with E-state index in [4.69, 9.17) is 10.7 Å². The van der Waals surface area contributed by atoms with Crippen molar-refractivity contribution < 1.29 is 13.2 Å². The standard InChI is InChI=1S/C12H8Br2ClNO3S2/c13-7-1-3-9(10(14)5-7)12(17)16-6-8-2-4-11(20-8)21(15,18)19/h1-5H,6H2,(H,16,17). The summed E-state index contributed by atoms with van der Waals surface area (Å²) in [6.07, 6.45) is 0. The third kappa shape index (κ3) is 4.53. The molecule has 112 valence electrons. The molecule has 0 aliphatic rings. The number of carbonyl (C=O) groups excluding carboxylic acids is 1. The van der Waals surface area contributed by atoms with E-state index in [2.05, 4.69) is 37.2 Å². The second kappa shape index (κ2) is 6.78. The van der Waals surface area contributed by atoms with Gasteiger partial charge >= 0.3 is 0 Å². The molecule has 0 atom stereocenters. The van der Waals surface area contributed by atoms with Crippen LogP contribution in [0.15, 0.2) is 43.5 Å². The molecule has 0 bridgehead atoms. The fraction of sp³-hybridized carbons (Fsp3) is 0.0833. The lowest BCUT2D eigenvalue weighted by Crippen LogP contribution is -2.22. The average Bonchev–Trinajstić information content (AvgIpc) is 2.84. The molecule has 0 spiro atoms. The predicted molar refractivity (Wildman–Crippen MR) is 90.4 cm³/mol. The van der Waals surface area contributed by atoms with Crippen LogP contribution in [0.1, 0.15) is 15.2 Å². The number of nitrogens with one attached hydrogen (secondary N) is 1. The van der Waals surface area contributed by atoms with Crippen LogP contribution in [0.25, 0.3) is 0 Å². The molecule has 0 aliphatic heterocycles. The first kappa shape index (κ1) is 17.0. The van der Waals surface area contributed by atoms with Gasteiger partial charge in [-0.1, -0.05) is 15.9 Å². The van der Waals surface area contributed by atoms with Crippen LogP contribution in [0.4, 0.5) is 0 Å². The van der Waals surface area contributed by atoms with Crippen molar-refractivity contribution in [1.82, 2.24) is 5.32 Å². The average molecular weight is 474 g/mol. The van der Waals surface area contributed by atoms with Crippen LogP contribution in [0.3, 0.4) is 0 Å². The Hall–Kier alpha value is -0.410. The molecule has 1 N–H and O–H groups in total. The van der Waals surface area contributed by atoms with Gasteiger partial charge in [-0.3, -0.25) is 4.79 Å². The maximum atomic E-state index is 12.1. The Morgan fingerprint density at radius 3 is 2.52 bits per heavy atom. The number of hydrogen-bond acceptors (Lipinski definition) is 4. The molecule has 1 amide bonds. The molecule has 0 saturated heterocycles. The maximum absolute atomic E-state index is 12.1. The van der Waals surface area contributed by atoms with Crippen LogP contribution in [-0.4, -0.2) is 14.3 Å². The van der Waals surface area contributed by atoms with Gasteiger partial charge in [-0.15, -0.1) is 11.3 Å². The van der Waals surface area contributed by atoms with Crippen molar-refractivity contribution in [2.24, 2.45) is 0 Å². The lowest BCUT2D eigenvalue weighted by atomic mass is 10.2. The number of halogens is 3. The molecule has 0 radical (unpaired) electrons. The number of carbonyl (C=O) groups is 1. The van der Waals surface area contributed by atoms with E-state index >= 15 is 0 Å². The highest BCUT2D eigenvalue weighted by Gasteiger charge is 2.14. The molecule has 0 unspecified atom stereocenters. The van der Waals surface area contributed by atoms with Gasteiger partial charge in [0.25, 0.3) is 15.0 Å². The van der Waals surface area contributed by atoms with Crippen molar-refractivity contribution >= 4 is 68.8 Å². The van der Waals surface area contributed by atoms with Crippen molar-refractivity contribution in [3.8, 4) is 0 Å². The summed E-state index contributed by atoms with van der Waals surface area (Å²) in [5.74, 6) is -0.252. The van der Waals surface area contributed by atoms with Crippen LogP contribution >= 0.6 is 53.9 Å². The van der Waals surface area contributed by atoms with Crippen LogP contribution in [-0.2, 0) is 15.6 Å². The first-order valence-electron chi connectivity index (χ1n) is 5.54. The Balaban J connectivity index is 2.06. The summed E-state index contributed by atoms with van der Waals surface area (Å²) in [6, 6.07) is 8.27. The topological polar surface area (TPSA) is 63.2 Å². The summed E-state index contributed by atoms with van der Waals surface area (Å²) in [6.45, 7) is 0.235. The van der Waals surface area contributed by atoms with Crippen molar-refractivity contribution in [2.75, 3.05) is 0 Å². The molecule has 1 heterocycles. The normalized spacial score (nSPS) is 11.4. The molecule has 2 aromatic rings. The van der Waals surface area contributed by atoms with Crippen molar-refractivity contribution in [3.63, 3.8) is 0 Å². The van der Waals surface area contributed by atoms with Crippen molar-refractivity contribution in [1.29, 1.82) is 0 Å². The molecule has 0 aliphatic carbocycles. The minimum Gasteiger partial charge on any atom is -0.347 e. The number of benzene rings is 1. The molecule has 0 fully saturated rings. The minimum atomic E-state index is -3.72. The Kier molecular flexibility index (Phi) is 5.48. The summed E-state index contributed by atoms with van der Waals surface area (Å²) in [5, 5.41) is 2.73. The van der Waals surface area contributed by atoms with E-state index in [-0.39, 0.29) is 16.7 Å². The molecule has 4 nitrogen and oxygen atoms in total. The Morgan fingerprint density at radius 2 is 1.95 bits per heavy atom. The second-order valence-electron chi connectivity index (χ2n) is 3.97. The van der Waals surface area contributed by atoms with Gasteiger partial charge in [-0.2, -0.15) is 0 Å². The molecular formula is C12H8Br2ClNO3S2. The summed E-state index contributed by atoms with van der Waals surface area (Å²) in [4.78, 5) is 12.8. The van der Waals surface area contributed by atoms with E-state index in [1.165, 1.54) is 6.07 Å². The third-order valence-electron chi connectivity index (χ3n) is 2.48. The Bertz CT molecular complexity index is 790. The quantitative estimate of drug-likeness (QED) is 0.680. The molecule has 1 aromatic heterocycles. The van der Waals surface area contributed by atoms with Gasteiger partial charge in [-0.05, 0) is 46.3 Å². The van der Waals surface area contributed by atoms with E-state index in [1.807, 2.05) is 0 Å². The van der Waals surface area contributed by atoms with Gasteiger partial charge in [0, 0.05) is 24.5 Å². The van der Waals surface area contributed by atoms with Crippen LogP contribution in [0.5, 0.6) is 0 Å². The van der Waals surface area contributed by atoms with Crippen LogP contribution in [0.2, 0.25) is 0 Å². The molecule has 2 rings (SSSR count). The number of amides is 1. The molecule has 0 saturated carbocycles. The first-order chi connectivity index (χ1) is 9.77. The second-order valence-corrected chi connectivity index (χ2v) is 9.70. The van der Waals surface area contributed by atoms with E-state index in [0.29, 0.717) is 14.9 Å². The Labute approximate surface area is 147 Å². The van der Waals surface area contributed by atoms with Crippen LogP contribution < -0.4 is 5.32 Å². The lowest BCUT2D eigenvalue weighted by molar-refractivity contribution is 0.0950. The van der Waals surface area contributed by atoms with Gasteiger partial charge in [0.05, 0.1) is 12.1 Å². The van der Waals surface area contributed by atoms with Gasteiger partial charge in [-0.25, -0.2) is 8.42 Å². The van der Waals surface area contributed by atoms with Gasteiger partial charge in [0.2, 0.25) is 0 Å². The van der Waals surface area contributed by atoms with Gasteiger partial charge in [0.1, 0.15) is 4.21 Å². The van der Waals surface area contributed by atoms with E-state index in [1.54, 1.807) is 24.3 Å². The number of thiophene rings is 1. The Morgan fingerprint density at radius 1 is 1.24 bits per heavy atom. The highest BCUT2D eigenvalue weighted by molar-refractivity contribution is 9.11. The minimum absolute atomic E-state index is 0.0678. The zero-order valence-corrected chi connectivity index (χ0v) is 15.8. The maximum Gasteiger partial charge on any atom is 0.270 e. The monoisotopic (exact) mass is 471 g/mol.